The van der Waals surface area contributed by atoms with Crippen molar-refractivity contribution in [3.8, 4) is 5.69 Å². The van der Waals surface area contributed by atoms with Gasteiger partial charge in [0.25, 0.3) is 0 Å². The zero-order valence-electron chi connectivity index (χ0n) is 16.6. The lowest BCUT2D eigenvalue weighted by atomic mass is 9.77. The van der Waals surface area contributed by atoms with Crippen molar-refractivity contribution < 1.29 is 17.6 Å². The van der Waals surface area contributed by atoms with Gasteiger partial charge in [-0.05, 0) is 72.6 Å². The van der Waals surface area contributed by atoms with Crippen molar-refractivity contribution in [3.05, 3.63) is 65.1 Å². The number of rotatable bonds is 2. The van der Waals surface area contributed by atoms with Crippen LogP contribution in [0.1, 0.15) is 49.8 Å². The molecule has 0 atom stereocenters. The van der Waals surface area contributed by atoms with Gasteiger partial charge in [-0.2, -0.15) is 18.3 Å². The molecule has 6 heteroatoms. The Balaban J connectivity index is 1.76. The van der Waals surface area contributed by atoms with Gasteiger partial charge in [-0.1, -0.05) is 26.0 Å². The number of fused-ring (bicyclic) bond motifs is 1. The first-order chi connectivity index (χ1) is 13.5. The molecular formula is C23H22F4N2. The van der Waals surface area contributed by atoms with E-state index in [0.29, 0.717) is 10.9 Å². The van der Waals surface area contributed by atoms with Crippen molar-refractivity contribution in [1.29, 1.82) is 0 Å². The van der Waals surface area contributed by atoms with E-state index in [1.165, 1.54) is 23.2 Å². The topological polar surface area (TPSA) is 17.8 Å². The first kappa shape index (κ1) is 19.7. The predicted molar refractivity (Wildman–Crippen MR) is 106 cm³/mol. The molecule has 0 saturated heterocycles. The molecule has 0 unspecified atom stereocenters. The number of hydrogen-bond donors (Lipinski definition) is 0. The monoisotopic (exact) mass is 402 g/mol. The molecule has 152 valence electrons. The van der Waals surface area contributed by atoms with E-state index in [9.17, 15) is 17.6 Å². The molecule has 29 heavy (non-hydrogen) atoms. The second-order valence-corrected chi connectivity index (χ2v) is 8.55. The fourth-order valence-electron chi connectivity index (χ4n) is 3.86. The van der Waals surface area contributed by atoms with Crippen molar-refractivity contribution in [2.24, 2.45) is 5.41 Å². The van der Waals surface area contributed by atoms with Crippen LogP contribution in [0.5, 0.6) is 0 Å². The third kappa shape index (κ3) is 3.68. The average molecular weight is 402 g/mol. The summed E-state index contributed by atoms with van der Waals surface area (Å²) in [7, 11) is 0. The van der Waals surface area contributed by atoms with Gasteiger partial charge >= 0.3 is 6.18 Å². The maximum absolute atomic E-state index is 14.0. The third-order valence-electron chi connectivity index (χ3n) is 5.70. The van der Waals surface area contributed by atoms with Crippen LogP contribution in [-0.2, 0) is 6.18 Å². The number of halogens is 4. The molecule has 1 heterocycles. The van der Waals surface area contributed by atoms with Gasteiger partial charge in [0.2, 0.25) is 0 Å². The molecule has 0 N–H and O–H groups in total. The number of benzene rings is 2. The second-order valence-electron chi connectivity index (χ2n) is 8.55. The largest absolute Gasteiger partial charge is 0.419 e. The van der Waals surface area contributed by atoms with Crippen LogP contribution in [0.2, 0.25) is 0 Å². The maximum atomic E-state index is 14.0. The molecule has 0 fully saturated rings. The molecule has 1 aliphatic rings. The van der Waals surface area contributed by atoms with Crippen LogP contribution in [-0.4, -0.2) is 9.78 Å². The van der Waals surface area contributed by atoms with Gasteiger partial charge in [-0.3, -0.25) is 0 Å². The first-order valence-corrected chi connectivity index (χ1v) is 9.60. The van der Waals surface area contributed by atoms with Crippen LogP contribution in [0.4, 0.5) is 17.6 Å². The van der Waals surface area contributed by atoms with Crippen molar-refractivity contribution in [3.63, 3.8) is 0 Å². The van der Waals surface area contributed by atoms with Gasteiger partial charge in [0, 0.05) is 5.39 Å². The van der Waals surface area contributed by atoms with Gasteiger partial charge < -0.3 is 0 Å². The normalized spacial score (nSPS) is 16.9. The summed E-state index contributed by atoms with van der Waals surface area (Å²) >= 11 is 0. The summed E-state index contributed by atoms with van der Waals surface area (Å²) in [6.45, 7) is 5.84. The zero-order valence-corrected chi connectivity index (χ0v) is 16.6. The fourth-order valence-corrected chi connectivity index (χ4v) is 3.86. The molecule has 2 aromatic carbocycles. The Morgan fingerprint density at radius 3 is 2.52 bits per heavy atom. The van der Waals surface area contributed by atoms with Crippen LogP contribution in [0.25, 0.3) is 22.2 Å². The molecule has 1 aromatic heterocycles. The van der Waals surface area contributed by atoms with Crippen LogP contribution in [0.3, 0.4) is 0 Å². The van der Waals surface area contributed by atoms with E-state index in [0.717, 1.165) is 36.3 Å². The molecule has 0 saturated carbocycles. The van der Waals surface area contributed by atoms with Crippen LogP contribution in [0.15, 0.2) is 42.6 Å². The highest BCUT2D eigenvalue weighted by molar-refractivity contribution is 5.85. The maximum Gasteiger partial charge on any atom is 0.419 e. The fraction of sp³-hybridized carbons (Fsp3) is 0.348. The summed E-state index contributed by atoms with van der Waals surface area (Å²) in [5.41, 5.74) is 2.25. The number of alkyl halides is 3. The van der Waals surface area contributed by atoms with Crippen LogP contribution >= 0.6 is 0 Å². The molecule has 4 rings (SSSR count). The zero-order chi connectivity index (χ0) is 21.0. The van der Waals surface area contributed by atoms with Crippen molar-refractivity contribution >= 4 is 16.5 Å². The van der Waals surface area contributed by atoms with Crippen molar-refractivity contribution in [2.75, 3.05) is 0 Å². The first-order valence-electron chi connectivity index (χ1n) is 9.60. The third-order valence-corrected chi connectivity index (χ3v) is 5.70. The molecule has 1 aliphatic carbocycles. The number of aromatic nitrogens is 2. The highest BCUT2D eigenvalue weighted by Gasteiger charge is 2.35. The summed E-state index contributed by atoms with van der Waals surface area (Å²) in [6.07, 6.45) is 2.28. The van der Waals surface area contributed by atoms with Gasteiger partial charge in [0.1, 0.15) is 5.82 Å². The molecular weight excluding hydrogens is 380 g/mol. The summed E-state index contributed by atoms with van der Waals surface area (Å²) in [6, 6.07) is 8.06. The van der Waals surface area contributed by atoms with Crippen molar-refractivity contribution in [1.82, 2.24) is 9.78 Å². The van der Waals surface area contributed by atoms with E-state index >= 15 is 0 Å². The van der Waals surface area contributed by atoms with Crippen molar-refractivity contribution in [2.45, 2.75) is 46.2 Å². The molecule has 0 radical (unpaired) electrons. The van der Waals surface area contributed by atoms with E-state index < -0.39 is 17.6 Å². The van der Waals surface area contributed by atoms with E-state index in [2.05, 4.69) is 25.0 Å². The molecule has 0 spiro atoms. The quantitative estimate of drug-likeness (QED) is 0.419. The number of nitrogens with zero attached hydrogens (tertiary/aromatic N) is 2. The van der Waals surface area contributed by atoms with E-state index in [4.69, 9.17) is 0 Å². The number of allylic oxidation sites excluding steroid dienone is 2. The van der Waals surface area contributed by atoms with E-state index in [1.807, 2.05) is 18.2 Å². The van der Waals surface area contributed by atoms with Crippen LogP contribution in [0, 0.1) is 18.2 Å². The summed E-state index contributed by atoms with van der Waals surface area (Å²) in [5.74, 6) is -1.24. The minimum absolute atomic E-state index is 0.0647. The Morgan fingerprint density at radius 2 is 1.86 bits per heavy atom. The SMILES string of the molecule is Cc1cc(-n2ncc3cc(C4=CCC(C)(C)CC4)ccc32)cc(C(F)(F)F)c1F. The number of aryl methyl sites for hydroxylation is 1. The standard InChI is InChI=1S/C23H22F4N2/c1-14-10-18(12-19(21(14)24)23(25,26)27)29-20-5-4-16(11-17(20)13-28-29)15-6-8-22(2,3)9-7-15/h4-6,10-13H,7-9H2,1-3H3. The summed E-state index contributed by atoms with van der Waals surface area (Å²) < 4.78 is 55.0. The summed E-state index contributed by atoms with van der Waals surface area (Å²) in [4.78, 5) is 0. The highest BCUT2D eigenvalue weighted by Crippen LogP contribution is 2.39. The molecule has 0 bridgehead atoms. The Labute approximate surface area is 166 Å². The molecule has 0 amide bonds. The summed E-state index contributed by atoms with van der Waals surface area (Å²) in [5, 5.41) is 5.11. The Hall–Kier alpha value is -2.63. The Bertz CT molecular complexity index is 1120. The minimum Gasteiger partial charge on any atom is -0.233 e. The van der Waals surface area contributed by atoms with E-state index in [-0.39, 0.29) is 11.3 Å². The molecule has 0 aliphatic heterocycles. The lowest BCUT2D eigenvalue weighted by molar-refractivity contribution is -0.140. The highest BCUT2D eigenvalue weighted by atomic mass is 19.4. The average Bonchev–Trinajstić information content (AvgIpc) is 3.06. The van der Waals surface area contributed by atoms with Crippen LogP contribution < -0.4 is 0 Å². The second kappa shape index (κ2) is 6.71. The predicted octanol–water partition coefficient (Wildman–Crippen LogP) is 7.09. The van der Waals surface area contributed by atoms with Gasteiger partial charge in [0.05, 0.1) is 23.0 Å². The smallest absolute Gasteiger partial charge is 0.233 e. The lowest BCUT2D eigenvalue weighted by Gasteiger charge is -2.28. The van der Waals surface area contributed by atoms with Gasteiger partial charge in [-0.15, -0.1) is 0 Å². The minimum atomic E-state index is -4.76. The van der Waals surface area contributed by atoms with Gasteiger partial charge in [0.15, 0.2) is 0 Å². The van der Waals surface area contributed by atoms with Gasteiger partial charge in [-0.25, -0.2) is 9.07 Å². The Kier molecular flexibility index (Phi) is 4.56. The van der Waals surface area contributed by atoms with E-state index in [1.54, 1.807) is 6.20 Å². The lowest BCUT2D eigenvalue weighted by Crippen LogP contribution is -2.14. The Morgan fingerprint density at radius 1 is 1.10 bits per heavy atom. The number of hydrogen-bond acceptors (Lipinski definition) is 1. The molecule has 2 nitrogen and oxygen atoms in total. The molecule has 3 aromatic rings.